The largest absolute Gasteiger partial charge is 0.356 e. The van der Waals surface area contributed by atoms with Crippen molar-refractivity contribution >= 4 is 51.3 Å². The van der Waals surface area contributed by atoms with E-state index in [1.807, 2.05) is 0 Å². The van der Waals surface area contributed by atoms with E-state index in [2.05, 4.69) is 34.0 Å². The Labute approximate surface area is 170 Å². The molecule has 0 aliphatic carbocycles. The number of hydrogen-bond acceptors (Lipinski definition) is 4. The molecule has 0 fully saturated rings. The standard InChI is InChI=1S/C16H22N4O2S2.HI/c1-12-8-10-23-15(12)11-20-16(18-2)19-9-7-13-3-5-14(6-4-13)24(17,21)22;/h3-6,8,10H,7,9,11H2,1-2H3,(H2,17,21,22)(H2,18,19,20);1H. The summed E-state index contributed by atoms with van der Waals surface area (Å²) < 4.78 is 22.4. The first-order valence-corrected chi connectivity index (χ1v) is 9.92. The molecule has 25 heavy (non-hydrogen) atoms. The molecule has 4 N–H and O–H groups in total. The molecule has 0 aliphatic heterocycles. The van der Waals surface area contributed by atoms with Gasteiger partial charge in [0.05, 0.1) is 11.4 Å². The molecule has 0 bridgehead atoms. The van der Waals surface area contributed by atoms with Crippen LogP contribution in [0.15, 0.2) is 45.6 Å². The normalized spacial score (nSPS) is 11.7. The average Bonchev–Trinajstić information content (AvgIpc) is 2.95. The fourth-order valence-electron chi connectivity index (χ4n) is 2.14. The molecule has 0 amide bonds. The van der Waals surface area contributed by atoms with Crippen molar-refractivity contribution in [3.05, 3.63) is 51.7 Å². The quantitative estimate of drug-likeness (QED) is 0.326. The minimum absolute atomic E-state index is 0. The third kappa shape index (κ3) is 6.92. The van der Waals surface area contributed by atoms with Crippen molar-refractivity contribution in [3.8, 4) is 0 Å². The van der Waals surface area contributed by atoms with Crippen molar-refractivity contribution in [3.63, 3.8) is 0 Å². The van der Waals surface area contributed by atoms with Crippen LogP contribution in [0.25, 0.3) is 0 Å². The molecular weight excluding hydrogens is 471 g/mol. The van der Waals surface area contributed by atoms with E-state index in [0.29, 0.717) is 6.54 Å². The number of benzene rings is 1. The number of primary sulfonamides is 1. The van der Waals surface area contributed by atoms with Crippen molar-refractivity contribution in [2.24, 2.45) is 10.1 Å². The molecule has 0 radical (unpaired) electrons. The first kappa shape index (κ1) is 21.9. The van der Waals surface area contributed by atoms with E-state index in [1.165, 1.54) is 22.6 Å². The van der Waals surface area contributed by atoms with E-state index in [4.69, 9.17) is 5.14 Å². The van der Waals surface area contributed by atoms with Crippen LogP contribution in [0.4, 0.5) is 0 Å². The van der Waals surface area contributed by atoms with Crippen LogP contribution < -0.4 is 15.8 Å². The van der Waals surface area contributed by atoms with Crippen molar-refractivity contribution < 1.29 is 8.42 Å². The van der Waals surface area contributed by atoms with Crippen LogP contribution in [0.5, 0.6) is 0 Å². The lowest BCUT2D eigenvalue weighted by molar-refractivity contribution is 0.598. The van der Waals surface area contributed by atoms with Gasteiger partial charge >= 0.3 is 0 Å². The van der Waals surface area contributed by atoms with Gasteiger partial charge in [-0.05, 0) is 48.1 Å². The summed E-state index contributed by atoms with van der Waals surface area (Å²) in [4.78, 5) is 5.61. The molecule has 6 nitrogen and oxygen atoms in total. The van der Waals surface area contributed by atoms with Crippen LogP contribution in [0.3, 0.4) is 0 Å². The first-order chi connectivity index (χ1) is 11.4. The van der Waals surface area contributed by atoms with Gasteiger partial charge < -0.3 is 10.6 Å². The smallest absolute Gasteiger partial charge is 0.238 e. The average molecular weight is 494 g/mol. The van der Waals surface area contributed by atoms with Crippen molar-refractivity contribution in [2.45, 2.75) is 24.8 Å². The third-order valence-corrected chi connectivity index (χ3v) is 5.52. The highest BCUT2D eigenvalue weighted by Gasteiger charge is 2.07. The molecule has 0 aliphatic rings. The number of sulfonamides is 1. The summed E-state index contributed by atoms with van der Waals surface area (Å²) in [6.07, 6.45) is 0.754. The molecule has 2 rings (SSSR count). The Morgan fingerprint density at radius 1 is 1.20 bits per heavy atom. The number of thiophene rings is 1. The van der Waals surface area contributed by atoms with Crippen molar-refractivity contribution in [1.82, 2.24) is 10.6 Å². The SMILES string of the molecule is CN=C(NCCc1ccc(S(N)(=O)=O)cc1)NCc1sccc1C.I. The molecule has 1 aromatic heterocycles. The monoisotopic (exact) mass is 494 g/mol. The number of nitrogens with one attached hydrogen (secondary N) is 2. The molecular formula is C16H23IN4O2S2. The summed E-state index contributed by atoms with van der Waals surface area (Å²) in [7, 11) is -1.90. The van der Waals surface area contributed by atoms with Gasteiger partial charge in [-0.1, -0.05) is 12.1 Å². The molecule has 138 valence electrons. The Morgan fingerprint density at radius 2 is 1.88 bits per heavy atom. The molecule has 1 heterocycles. The number of rotatable bonds is 6. The van der Waals surface area contributed by atoms with Crippen LogP contribution in [0.2, 0.25) is 0 Å². The number of nitrogens with two attached hydrogens (primary N) is 1. The summed E-state index contributed by atoms with van der Waals surface area (Å²) in [5, 5.41) is 13.7. The molecule has 1 aromatic carbocycles. The minimum Gasteiger partial charge on any atom is -0.356 e. The van der Waals surface area contributed by atoms with Crippen LogP contribution in [0.1, 0.15) is 16.0 Å². The number of guanidine groups is 1. The Balaban J connectivity index is 0.00000312. The van der Waals surface area contributed by atoms with Gasteiger partial charge in [0.2, 0.25) is 10.0 Å². The van der Waals surface area contributed by atoms with Gasteiger partial charge in [-0.25, -0.2) is 13.6 Å². The first-order valence-electron chi connectivity index (χ1n) is 7.49. The van der Waals surface area contributed by atoms with E-state index in [9.17, 15) is 8.42 Å². The van der Waals surface area contributed by atoms with Gasteiger partial charge in [0.15, 0.2) is 5.96 Å². The van der Waals surface area contributed by atoms with Crippen LogP contribution in [-0.2, 0) is 23.0 Å². The molecule has 0 saturated carbocycles. The van der Waals surface area contributed by atoms with Crippen LogP contribution in [-0.4, -0.2) is 28.0 Å². The lowest BCUT2D eigenvalue weighted by atomic mass is 10.1. The maximum absolute atomic E-state index is 11.2. The predicted molar refractivity (Wildman–Crippen MR) is 114 cm³/mol. The predicted octanol–water partition coefficient (Wildman–Crippen LogP) is 2.23. The summed E-state index contributed by atoms with van der Waals surface area (Å²) in [6.45, 7) is 3.53. The lowest BCUT2D eigenvalue weighted by Crippen LogP contribution is -2.37. The second-order valence-electron chi connectivity index (χ2n) is 5.32. The summed E-state index contributed by atoms with van der Waals surface area (Å²) in [5.41, 5.74) is 2.30. The Hall–Kier alpha value is -1.17. The Morgan fingerprint density at radius 3 is 2.40 bits per heavy atom. The zero-order chi connectivity index (χ0) is 17.6. The maximum Gasteiger partial charge on any atom is 0.238 e. The van der Waals surface area contributed by atoms with Gasteiger partial charge in [0.25, 0.3) is 0 Å². The molecule has 0 spiro atoms. The van der Waals surface area contributed by atoms with Crippen molar-refractivity contribution in [2.75, 3.05) is 13.6 Å². The second kappa shape index (κ2) is 10.1. The lowest BCUT2D eigenvalue weighted by Gasteiger charge is -2.12. The zero-order valence-corrected chi connectivity index (χ0v) is 18.1. The van der Waals surface area contributed by atoms with Crippen LogP contribution in [0, 0.1) is 6.92 Å². The van der Waals surface area contributed by atoms with E-state index in [0.717, 1.165) is 24.5 Å². The zero-order valence-electron chi connectivity index (χ0n) is 14.2. The number of nitrogens with zero attached hydrogens (tertiary/aromatic N) is 1. The summed E-state index contributed by atoms with van der Waals surface area (Å²) >= 11 is 1.72. The summed E-state index contributed by atoms with van der Waals surface area (Å²) in [5.74, 6) is 0.740. The molecule has 0 unspecified atom stereocenters. The second-order valence-corrected chi connectivity index (χ2v) is 7.88. The highest BCUT2D eigenvalue weighted by Crippen LogP contribution is 2.14. The highest BCUT2D eigenvalue weighted by atomic mass is 127. The van der Waals surface area contributed by atoms with Gasteiger partial charge in [-0.2, -0.15) is 0 Å². The van der Waals surface area contributed by atoms with E-state index >= 15 is 0 Å². The Kier molecular flexibility index (Phi) is 8.83. The fourth-order valence-corrected chi connectivity index (χ4v) is 3.50. The van der Waals surface area contributed by atoms with E-state index < -0.39 is 10.0 Å². The summed E-state index contributed by atoms with van der Waals surface area (Å²) in [6, 6.07) is 8.69. The van der Waals surface area contributed by atoms with E-state index in [-0.39, 0.29) is 28.9 Å². The van der Waals surface area contributed by atoms with Crippen molar-refractivity contribution in [1.29, 1.82) is 0 Å². The molecule has 0 atom stereocenters. The Bertz CT molecular complexity index is 802. The molecule has 9 heteroatoms. The number of hydrogen-bond donors (Lipinski definition) is 3. The van der Waals surface area contributed by atoms with Gasteiger partial charge in [-0.15, -0.1) is 35.3 Å². The van der Waals surface area contributed by atoms with Gasteiger partial charge in [-0.3, -0.25) is 4.99 Å². The van der Waals surface area contributed by atoms with E-state index in [1.54, 1.807) is 30.5 Å². The highest BCUT2D eigenvalue weighted by molar-refractivity contribution is 14.0. The fraction of sp³-hybridized carbons (Fsp3) is 0.312. The number of halogens is 1. The molecule has 0 saturated heterocycles. The van der Waals surface area contributed by atoms with Gasteiger partial charge in [0, 0.05) is 18.5 Å². The van der Waals surface area contributed by atoms with Crippen LogP contribution >= 0.6 is 35.3 Å². The minimum atomic E-state index is -3.63. The topological polar surface area (TPSA) is 96.6 Å². The molecule has 2 aromatic rings. The van der Waals surface area contributed by atoms with Gasteiger partial charge in [0.1, 0.15) is 0 Å². The maximum atomic E-state index is 11.2. The number of aliphatic imine (C=N–C) groups is 1. The number of aryl methyl sites for hydroxylation is 1. The third-order valence-electron chi connectivity index (χ3n) is 3.57.